The maximum atomic E-state index is 12.5. The van der Waals surface area contributed by atoms with E-state index in [1.54, 1.807) is 13.1 Å². The van der Waals surface area contributed by atoms with Crippen LogP contribution < -0.4 is 5.01 Å². The number of morpholine rings is 1. The van der Waals surface area contributed by atoms with Gasteiger partial charge in [-0.15, -0.1) is 0 Å². The number of benzene rings is 1. The molecule has 0 unspecified atom stereocenters. The number of nitrogens with zero attached hydrogens (tertiary/aromatic N) is 4. The van der Waals surface area contributed by atoms with E-state index in [1.165, 1.54) is 11.8 Å². The zero-order valence-corrected chi connectivity index (χ0v) is 15.7. The first-order valence-electron chi connectivity index (χ1n) is 8.50. The van der Waals surface area contributed by atoms with Gasteiger partial charge in [0, 0.05) is 19.3 Å². The van der Waals surface area contributed by atoms with Gasteiger partial charge in [-0.3, -0.25) is 5.01 Å². The van der Waals surface area contributed by atoms with Gasteiger partial charge in [0.15, 0.2) is 11.0 Å². The number of para-hydroxylation sites is 1. The number of carbonyl (C=O) groups is 1. The Kier molecular flexibility index (Phi) is 6.43. The highest BCUT2D eigenvalue weighted by Crippen LogP contribution is 2.30. The highest BCUT2D eigenvalue weighted by Gasteiger charge is 2.27. The zero-order valence-electron chi connectivity index (χ0n) is 14.9. The minimum absolute atomic E-state index is 0.297. The third kappa shape index (κ3) is 4.14. The maximum absolute atomic E-state index is 12.5. The molecule has 1 fully saturated rings. The molecule has 7 nitrogen and oxygen atoms in total. The van der Waals surface area contributed by atoms with Gasteiger partial charge in [-0.25, -0.2) is 19.8 Å². The molecule has 0 N–H and O–H groups in total. The van der Waals surface area contributed by atoms with Crippen LogP contribution >= 0.6 is 11.8 Å². The molecule has 0 amide bonds. The van der Waals surface area contributed by atoms with Crippen LogP contribution in [0.4, 0.5) is 11.5 Å². The van der Waals surface area contributed by atoms with Crippen molar-refractivity contribution in [2.24, 2.45) is 0 Å². The number of esters is 1. The molecule has 0 spiro atoms. The molecule has 26 heavy (non-hydrogen) atoms. The van der Waals surface area contributed by atoms with Crippen LogP contribution in [0.1, 0.15) is 17.3 Å². The maximum Gasteiger partial charge on any atom is 0.343 e. The highest BCUT2D eigenvalue weighted by atomic mass is 32.2. The van der Waals surface area contributed by atoms with Crippen molar-refractivity contribution in [3.05, 3.63) is 42.1 Å². The Morgan fingerprint density at radius 1 is 1.31 bits per heavy atom. The lowest BCUT2D eigenvalue weighted by Crippen LogP contribution is -2.47. The fourth-order valence-corrected chi connectivity index (χ4v) is 3.05. The van der Waals surface area contributed by atoms with E-state index in [1.807, 2.05) is 41.6 Å². The first-order chi connectivity index (χ1) is 12.7. The lowest BCUT2D eigenvalue weighted by Gasteiger charge is -2.38. The largest absolute Gasteiger partial charge is 0.462 e. The van der Waals surface area contributed by atoms with E-state index in [-0.39, 0.29) is 0 Å². The first-order valence-corrected chi connectivity index (χ1v) is 9.73. The second kappa shape index (κ2) is 8.98. The van der Waals surface area contributed by atoms with Gasteiger partial charge >= 0.3 is 5.97 Å². The summed E-state index contributed by atoms with van der Waals surface area (Å²) < 4.78 is 10.7. The summed E-state index contributed by atoms with van der Waals surface area (Å²) in [6, 6.07) is 9.87. The fourth-order valence-electron chi connectivity index (χ4n) is 2.71. The molecule has 1 aliphatic rings. The van der Waals surface area contributed by atoms with Crippen molar-refractivity contribution in [1.82, 2.24) is 15.0 Å². The summed E-state index contributed by atoms with van der Waals surface area (Å²) in [4.78, 5) is 21.4. The van der Waals surface area contributed by atoms with Crippen LogP contribution in [0, 0.1) is 0 Å². The van der Waals surface area contributed by atoms with Crippen LogP contribution in [-0.4, -0.2) is 60.1 Å². The summed E-state index contributed by atoms with van der Waals surface area (Å²) >= 11 is 1.43. The standard InChI is InChI=1S/C18H22N4O3S/c1-3-25-17(23)15-13-19-18(26-2)20-16(15)22(14-7-5-4-6-8-14)21-9-11-24-12-10-21/h4-8,13H,3,9-12H2,1-2H3. The van der Waals surface area contributed by atoms with Gasteiger partial charge in [-0.2, -0.15) is 0 Å². The third-order valence-corrected chi connectivity index (χ3v) is 4.46. The van der Waals surface area contributed by atoms with Gasteiger partial charge < -0.3 is 9.47 Å². The van der Waals surface area contributed by atoms with Crippen LogP contribution in [0.5, 0.6) is 0 Å². The lowest BCUT2D eigenvalue weighted by atomic mass is 10.2. The minimum atomic E-state index is -0.427. The van der Waals surface area contributed by atoms with Crippen molar-refractivity contribution in [2.75, 3.05) is 44.2 Å². The molecule has 8 heteroatoms. The molecule has 2 aromatic rings. The number of anilines is 2. The van der Waals surface area contributed by atoms with E-state index >= 15 is 0 Å². The Balaban J connectivity index is 2.11. The molecule has 0 saturated carbocycles. The second-order valence-electron chi connectivity index (χ2n) is 5.53. The van der Waals surface area contributed by atoms with Crippen LogP contribution in [-0.2, 0) is 9.47 Å². The van der Waals surface area contributed by atoms with Crippen molar-refractivity contribution in [2.45, 2.75) is 12.1 Å². The van der Waals surface area contributed by atoms with Crippen molar-refractivity contribution in [1.29, 1.82) is 0 Å². The number of rotatable bonds is 6. The molecule has 0 atom stereocenters. The molecule has 1 aromatic heterocycles. The number of carbonyl (C=O) groups excluding carboxylic acids is 1. The molecule has 2 heterocycles. The third-order valence-electron chi connectivity index (χ3n) is 3.90. The molecule has 3 rings (SSSR count). The average molecular weight is 374 g/mol. The van der Waals surface area contributed by atoms with Gasteiger partial charge in [0.1, 0.15) is 5.56 Å². The van der Waals surface area contributed by atoms with Crippen LogP contribution in [0.3, 0.4) is 0 Å². The van der Waals surface area contributed by atoms with E-state index in [4.69, 9.17) is 9.47 Å². The van der Waals surface area contributed by atoms with Crippen LogP contribution in [0.2, 0.25) is 0 Å². The van der Waals surface area contributed by atoms with E-state index in [2.05, 4.69) is 15.0 Å². The summed E-state index contributed by atoms with van der Waals surface area (Å²) in [5.74, 6) is 0.0974. The topological polar surface area (TPSA) is 67.8 Å². The van der Waals surface area contributed by atoms with Crippen LogP contribution in [0.25, 0.3) is 0 Å². The van der Waals surface area contributed by atoms with Gasteiger partial charge in [-0.1, -0.05) is 30.0 Å². The molecule has 1 aliphatic heterocycles. The Morgan fingerprint density at radius 3 is 2.69 bits per heavy atom. The Morgan fingerprint density at radius 2 is 2.04 bits per heavy atom. The van der Waals surface area contributed by atoms with Crippen molar-refractivity contribution in [3.8, 4) is 0 Å². The zero-order chi connectivity index (χ0) is 18.4. The summed E-state index contributed by atoms with van der Waals surface area (Å²) in [5.41, 5.74) is 1.27. The Labute approximate surface area is 157 Å². The molecular formula is C18H22N4O3S. The number of hydrogen-bond donors (Lipinski definition) is 0. The lowest BCUT2D eigenvalue weighted by molar-refractivity contribution is 0.0370. The van der Waals surface area contributed by atoms with Gasteiger partial charge in [0.05, 0.1) is 25.5 Å². The van der Waals surface area contributed by atoms with Gasteiger partial charge in [0.25, 0.3) is 0 Å². The fraction of sp³-hybridized carbons (Fsp3) is 0.389. The molecule has 0 aliphatic carbocycles. The number of ether oxygens (including phenoxy) is 2. The predicted molar refractivity (Wildman–Crippen MR) is 101 cm³/mol. The Bertz CT molecular complexity index is 738. The monoisotopic (exact) mass is 374 g/mol. The predicted octanol–water partition coefficient (Wildman–Crippen LogP) is 2.76. The molecule has 1 saturated heterocycles. The van der Waals surface area contributed by atoms with Gasteiger partial charge in [-0.05, 0) is 25.3 Å². The quantitative estimate of drug-likeness (QED) is 0.434. The normalized spacial score (nSPS) is 14.8. The molecule has 0 bridgehead atoms. The summed E-state index contributed by atoms with van der Waals surface area (Å²) in [7, 11) is 0. The minimum Gasteiger partial charge on any atom is -0.462 e. The van der Waals surface area contributed by atoms with Crippen molar-refractivity contribution >= 4 is 29.2 Å². The number of thioether (sulfide) groups is 1. The molecule has 0 radical (unpaired) electrons. The molecule has 1 aromatic carbocycles. The molecule has 138 valence electrons. The molecular weight excluding hydrogens is 352 g/mol. The SMILES string of the molecule is CCOC(=O)c1cnc(SC)nc1N(c1ccccc1)N1CCOCC1. The highest BCUT2D eigenvalue weighted by molar-refractivity contribution is 7.98. The van der Waals surface area contributed by atoms with Gasteiger partial charge in [0.2, 0.25) is 0 Å². The van der Waals surface area contributed by atoms with E-state index < -0.39 is 5.97 Å². The van der Waals surface area contributed by atoms with Crippen LogP contribution in [0.15, 0.2) is 41.7 Å². The van der Waals surface area contributed by atoms with E-state index in [0.29, 0.717) is 49.4 Å². The van der Waals surface area contributed by atoms with Crippen molar-refractivity contribution < 1.29 is 14.3 Å². The second-order valence-corrected chi connectivity index (χ2v) is 6.30. The summed E-state index contributed by atoms with van der Waals surface area (Å²) in [6.45, 7) is 4.74. The van der Waals surface area contributed by atoms with Crippen molar-refractivity contribution in [3.63, 3.8) is 0 Å². The summed E-state index contributed by atoms with van der Waals surface area (Å²) in [5, 5.41) is 4.70. The Hall–Kier alpha value is -2.16. The van der Waals surface area contributed by atoms with E-state index in [9.17, 15) is 4.79 Å². The number of hydrogen-bond acceptors (Lipinski definition) is 8. The number of hydrazine groups is 1. The number of aromatic nitrogens is 2. The first kappa shape index (κ1) is 18.6. The smallest absolute Gasteiger partial charge is 0.343 e. The summed E-state index contributed by atoms with van der Waals surface area (Å²) in [6.07, 6.45) is 3.45. The van der Waals surface area contributed by atoms with E-state index in [0.717, 1.165) is 5.69 Å². The average Bonchev–Trinajstić information content (AvgIpc) is 2.70.